The van der Waals surface area contributed by atoms with Crippen molar-refractivity contribution in [1.82, 2.24) is 15.2 Å². The summed E-state index contributed by atoms with van der Waals surface area (Å²) in [5, 5.41) is 17.1. The topological polar surface area (TPSA) is 58.9 Å². The summed E-state index contributed by atoms with van der Waals surface area (Å²) in [6.45, 7) is -0.0726. The van der Waals surface area contributed by atoms with Crippen LogP contribution in [0.4, 0.5) is 0 Å². The third-order valence-corrected chi connectivity index (χ3v) is 4.36. The van der Waals surface area contributed by atoms with E-state index < -0.39 is 0 Å². The minimum absolute atomic E-state index is 0.0726. The molecule has 0 saturated carbocycles. The van der Waals surface area contributed by atoms with Gasteiger partial charge in [0.05, 0.1) is 12.8 Å². The van der Waals surface area contributed by atoms with Crippen molar-refractivity contribution < 1.29 is 5.11 Å². The predicted molar refractivity (Wildman–Crippen MR) is 57.1 cm³/mol. The standard InChI is InChI=1S/C6H4ClN3OS3/c7-3-1-8-5(12-3)14-6-10-9-4(2-11)13-6/h1,11H,2H2. The molecule has 0 atom stereocenters. The molecule has 0 aliphatic carbocycles. The number of hydrogen-bond donors (Lipinski definition) is 1. The van der Waals surface area contributed by atoms with Crippen molar-refractivity contribution in [2.45, 2.75) is 15.3 Å². The Kier molecular flexibility index (Phi) is 3.34. The summed E-state index contributed by atoms with van der Waals surface area (Å²) >= 11 is 9.87. The van der Waals surface area contributed by atoms with Crippen molar-refractivity contribution >= 4 is 46.0 Å². The van der Waals surface area contributed by atoms with Crippen molar-refractivity contribution in [2.75, 3.05) is 0 Å². The molecular weight excluding hydrogens is 262 g/mol. The molecule has 1 N–H and O–H groups in total. The molecule has 0 amide bonds. The number of aliphatic hydroxyl groups excluding tert-OH is 1. The smallest absolute Gasteiger partial charge is 0.181 e. The minimum atomic E-state index is -0.0726. The van der Waals surface area contributed by atoms with E-state index in [1.807, 2.05) is 0 Å². The van der Waals surface area contributed by atoms with Crippen LogP contribution in [-0.2, 0) is 6.61 Å². The van der Waals surface area contributed by atoms with Gasteiger partial charge in [-0.25, -0.2) is 4.98 Å². The number of halogens is 1. The first-order valence-corrected chi connectivity index (χ1v) is 6.33. The van der Waals surface area contributed by atoms with E-state index in [1.54, 1.807) is 6.20 Å². The molecule has 2 heterocycles. The fourth-order valence-electron chi connectivity index (χ4n) is 0.705. The summed E-state index contributed by atoms with van der Waals surface area (Å²) in [4.78, 5) is 4.07. The van der Waals surface area contributed by atoms with Gasteiger partial charge in [0.2, 0.25) is 0 Å². The van der Waals surface area contributed by atoms with E-state index in [0.717, 1.165) is 8.68 Å². The van der Waals surface area contributed by atoms with Gasteiger partial charge in [0.1, 0.15) is 9.34 Å². The van der Waals surface area contributed by atoms with Gasteiger partial charge < -0.3 is 5.11 Å². The number of aliphatic hydroxyl groups is 1. The second-order valence-electron chi connectivity index (χ2n) is 2.15. The number of thiazole rings is 1. The van der Waals surface area contributed by atoms with E-state index in [-0.39, 0.29) is 6.61 Å². The van der Waals surface area contributed by atoms with Gasteiger partial charge in [-0.3, -0.25) is 0 Å². The van der Waals surface area contributed by atoms with Gasteiger partial charge in [-0.05, 0) is 11.8 Å². The van der Waals surface area contributed by atoms with Crippen LogP contribution in [0.3, 0.4) is 0 Å². The summed E-state index contributed by atoms with van der Waals surface area (Å²) in [6.07, 6.45) is 1.60. The van der Waals surface area contributed by atoms with Crippen LogP contribution in [0.1, 0.15) is 5.01 Å². The van der Waals surface area contributed by atoms with E-state index in [0.29, 0.717) is 9.34 Å². The van der Waals surface area contributed by atoms with Crippen LogP contribution in [-0.4, -0.2) is 20.3 Å². The lowest BCUT2D eigenvalue weighted by molar-refractivity contribution is 0.280. The van der Waals surface area contributed by atoms with Gasteiger partial charge >= 0.3 is 0 Å². The van der Waals surface area contributed by atoms with E-state index in [4.69, 9.17) is 16.7 Å². The Balaban J connectivity index is 2.10. The molecule has 14 heavy (non-hydrogen) atoms. The zero-order valence-corrected chi connectivity index (χ0v) is 9.88. The van der Waals surface area contributed by atoms with Crippen molar-refractivity contribution in [3.63, 3.8) is 0 Å². The average Bonchev–Trinajstić information content (AvgIpc) is 2.76. The second kappa shape index (κ2) is 4.54. The average molecular weight is 266 g/mol. The minimum Gasteiger partial charge on any atom is -0.389 e. The summed E-state index contributed by atoms with van der Waals surface area (Å²) < 4.78 is 2.25. The SMILES string of the molecule is OCc1nnc(Sc2ncc(Cl)s2)s1. The summed E-state index contributed by atoms with van der Waals surface area (Å²) in [5.74, 6) is 0. The van der Waals surface area contributed by atoms with Crippen LogP contribution in [0, 0.1) is 0 Å². The van der Waals surface area contributed by atoms with Crippen LogP contribution in [0.25, 0.3) is 0 Å². The Bertz CT molecular complexity index is 429. The largest absolute Gasteiger partial charge is 0.389 e. The van der Waals surface area contributed by atoms with Gasteiger partial charge in [0.25, 0.3) is 0 Å². The maximum absolute atomic E-state index is 8.79. The summed E-state index contributed by atoms with van der Waals surface area (Å²) in [7, 11) is 0. The number of aromatic nitrogens is 3. The lowest BCUT2D eigenvalue weighted by Crippen LogP contribution is -1.78. The van der Waals surface area contributed by atoms with Crippen molar-refractivity contribution in [2.24, 2.45) is 0 Å². The highest BCUT2D eigenvalue weighted by atomic mass is 35.5. The van der Waals surface area contributed by atoms with Crippen LogP contribution in [0.15, 0.2) is 14.9 Å². The predicted octanol–water partition coefficient (Wildman–Crippen LogP) is 2.29. The molecule has 8 heteroatoms. The molecule has 2 rings (SSSR count). The van der Waals surface area contributed by atoms with E-state index in [2.05, 4.69) is 15.2 Å². The zero-order chi connectivity index (χ0) is 9.97. The quantitative estimate of drug-likeness (QED) is 0.923. The number of hydrogen-bond acceptors (Lipinski definition) is 7. The molecule has 74 valence electrons. The summed E-state index contributed by atoms with van der Waals surface area (Å²) in [5.41, 5.74) is 0. The highest BCUT2D eigenvalue weighted by molar-refractivity contribution is 8.02. The van der Waals surface area contributed by atoms with Crippen LogP contribution >= 0.6 is 46.0 Å². The molecule has 0 bridgehead atoms. The molecule has 0 saturated heterocycles. The monoisotopic (exact) mass is 265 g/mol. The third-order valence-electron chi connectivity index (χ3n) is 1.21. The van der Waals surface area contributed by atoms with Crippen molar-refractivity contribution in [3.8, 4) is 0 Å². The van der Waals surface area contributed by atoms with Crippen LogP contribution in [0.5, 0.6) is 0 Å². The Morgan fingerprint density at radius 3 is 2.79 bits per heavy atom. The highest BCUT2D eigenvalue weighted by Crippen LogP contribution is 2.34. The molecule has 0 aliphatic heterocycles. The molecule has 2 aromatic rings. The highest BCUT2D eigenvalue weighted by Gasteiger charge is 2.07. The van der Waals surface area contributed by atoms with E-state index >= 15 is 0 Å². The van der Waals surface area contributed by atoms with Gasteiger partial charge in [0, 0.05) is 0 Å². The Labute approximate surface area is 97.0 Å². The Morgan fingerprint density at radius 1 is 1.36 bits per heavy atom. The zero-order valence-electron chi connectivity index (χ0n) is 6.68. The molecular formula is C6H4ClN3OS3. The van der Waals surface area contributed by atoms with Gasteiger partial charge in [-0.1, -0.05) is 34.3 Å². The Hall–Kier alpha value is -0.210. The van der Waals surface area contributed by atoms with Crippen molar-refractivity contribution in [3.05, 3.63) is 15.5 Å². The maximum atomic E-state index is 8.79. The van der Waals surface area contributed by atoms with Crippen LogP contribution in [0.2, 0.25) is 4.34 Å². The van der Waals surface area contributed by atoms with Crippen molar-refractivity contribution in [1.29, 1.82) is 0 Å². The normalized spacial score (nSPS) is 10.7. The molecule has 0 aliphatic rings. The molecule has 0 aromatic carbocycles. The fourth-order valence-corrected chi connectivity index (χ4v) is 3.78. The molecule has 0 fully saturated rings. The molecule has 0 unspecified atom stereocenters. The fraction of sp³-hybridized carbons (Fsp3) is 0.167. The Morgan fingerprint density at radius 2 is 2.21 bits per heavy atom. The molecule has 2 aromatic heterocycles. The number of nitrogens with zero attached hydrogens (tertiary/aromatic N) is 3. The first kappa shape index (κ1) is 10.3. The van der Waals surface area contributed by atoms with Crippen LogP contribution < -0.4 is 0 Å². The van der Waals surface area contributed by atoms with E-state index in [9.17, 15) is 0 Å². The molecule has 4 nitrogen and oxygen atoms in total. The lowest BCUT2D eigenvalue weighted by Gasteiger charge is -1.86. The lowest BCUT2D eigenvalue weighted by atomic mass is 10.8. The van der Waals surface area contributed by atoms with E-state index in [1.165, 1.54) is 34.4 Å². The molecule has 0 radical (unpaired) electrons. The second-order valence-corrected chi connectivity index (χ2v) is 6.37. The third kappa shape index (κ3) is 2.43. The number of rotatable bonds is 3. The molecule has 0 spiro atoms. The van der Waals surface area contributed by atoms with Gasteiger partial charge in [-0.2, -0.15) is 0 Å². The summed E-state index contributed by atoms with van der Waals surface area (Å²) in [6, 6.07) is 0. The van der Waals surface area contributed by atoms with Gasteiger partial charge in [0.15, 0.2) is 8.68 Å². The first-order valence-electron chi connectivity index (χ1n) is 3.50. The van der Waals surface area contributed by atoms with Gasteiger partial charge in [-0.15, -0.1) is 10.2 Å². The maximum Gasteiger partial charge on any atom is 0.181 e. The first-order chi connectivity index (χ1) is 6.78.